The van der Waals surface area contributed by atoms with Crippen LogP contribution in [-0.4, -0.2) is 25.3 Å². The smallest absolute Gasteiger partial charge is 0.161 e. The quantitative estimate of drug-likeness (QED) is 0.916. The van der Waals surface area contributed by atoms with Crippen molar-refractivity contribution in [1.82, 2.24) is 9.88 Å². The Kier molecular flexibility index (Phi) is 3.17. The average Bonchev–Trinajstić information content (AvgIpc) is 2.94. The van der Waals surface area contributed by atoms with Gasteiger partial charge in [-0.1, -0.05) is 6.07 Å². The lowest BCUT2D eigenvalue weighted by Crippen LogP contribution is -2.33. The molecule has 0 saturated heterocycles. The molecule has 19 heavy (non-hydrogen) atoms. The standard InChI is InChI=1S/C15H18N2O2/c1-18-13-6-5-11(10-14(13)19-2)15-12-4-3-8-17(12)9-7-16-15/h3-6,8,10,15-16H,7,9H2,1-2H3/t15-/m0/s1. The molecule has 1 aliphatic rings. The summed E-state index contributed by atoms with van der Waals surface area (Å²) in [6.07, 6.45) is 2.13. The fraction of sp³-hybridized carbons (Fsp3) is 0.333. The lowest BCUT2D eigenvalue weighted by Gasteiger charge is -2.27. The molecule has 0 radical (unpaired) electrons. The van der Waals surface area contributed by atoms with Gasteiger partial charge in [0, 0.05) is 25.0 Å². The van der Waals surface area contributed by atoms with E-state index in [4.69, 9.17) is 9.47 Å². The van der Waals surface area contributed by atoms with Crippen LogP contribution in [0.2, 0.25) is 0 Å². The second-order valence-electron chi connectivity index (χ2n) is 4.63. The van der Waals surface area contributed by atoms with Gasteiger partial charge in [0.1, 0.15) is 0 Å². The van der Waals surface area contributed by atoms with Crippen LogP contribution in [0.15, 0.2) is 36.5 Å². The first-order chi connectivity index (χ1) is 9.33. The Bertz CT molecular complexity index is 577. The minimum atomic E-state index is 0.212. The molecule has 4 nitrogen and oxygen atoms in total. The number of aromatic nitrogens is 1. The highest BCUT2D eigenvalue weighted by molar-refractivity contribution is 5.45. The van der Waals surface area contributed by atoms with E-state index in [1.54, 1.807) is 14.2 Å². The second kappa shape index (κ2) is 4.97. The molecule has 0 amide bonds. The van der Waals surface area contributed by atoms with Gasteiger partial charge in [0.2, 0.25) is 0 Å². The van der Waals surface area contributed by atoms with Crippen molar-refractivity contribution in [3.8, 4) is 11.5 Å². The van der Waals surface area contributed by atoms with E-state index in [-0.39, 0.29) is 6.04 Å². The van der Waals surface area contributed by atoms with Gasteiger partial charge in [-0.05, 0) is 29.8 Å². The minimum Gasteiger partial charge on any atom is -0.493 e. The van der Waals surface area contributed by atoms with Crippen LogP contribution in [0.4, 0.5) is 0 Å². The Morgan fingerprint density at radius 2 is 2.00 bits per heavy atom. The lowest BCUT2D eigenvalue weighted by molar-refractivity contribution is 0.353. The first-order valence-electron chi connectivity index (χ1n) is 6.44. The third-order valence-electron chi connectivity index (χ3n) is 3.60. The zero-order valence-corrected chi connectivity index (χ0v) is 11.2. The molecule has 3 rings (SSSR count). The molecular weight excluding hydrogens is 240 g/mol. The van der Waals surface area contributed by atoms with Crippen molar-refractivity contribution in [2.75, 3.05) is 20.8 Å². The predicted octanol–water partition coefficient (Wildman–Crippen LogP) is 2.20. The van der Waals surface area contributed by atoms with Gasteiger partial charge in [0.25, 0.3) is 0 Å². The van der Waals surface area contributed by atoms with Crippen LogP contribution in [0, 0.1) is 0 Å². The Hall–Kier alpha value is -1.94. The summed E-state index contributed by atoms with van der Waals surface area (Å²) in [5.41, 5.74) is 2.48. The van der Waals surface area contributed by atoms with Crippen LogP contribution in [-0.2, 0) is 6.54 Å². The summed E-state index contributed by atoms with van der Waals surface area (Å²) in [5, 5.41) is 3.55. The maximum atomic E-state index is 5.38. The number of benzene rings is 1. The van der Waals surface area contributed by atoms with Crippen molar-refractivity contribution >= 4 is 0 Å². The molecule has 1 atom stereocenters. The number of rotatable bonds is 3. The summed E-state index contributed by atoms with van der Waals surface area (Å²) >= 11 is 0. The van der Waals surface area contributed by atoms with Gasteiger partial charge in [-0.15, -0.1) is 0 Å². The summed E-state index contributed by atoms with van der Waals surface area (Å²) in [6, 6.07) is 10.5. The van der Waals surface area contributed by atoms with Gasteiger partial charge in [-0.3, -0.25) is 0 Å². The SMILES string of the molecule is COc1ccc([C@@H]2NCCn3cccc32)cc1OC. The summed E-state index contributed by atoms with van der Waals surface area (Å²) in [6.45, 7) is 1.99. The van der Waals surface area contributed by atoms with E-state index < -0.39 is 0 Å². The molecule has 1 aliphatic heterocycles. The number of ether oxygens (including phenoxy) is 2. The number of nitrogens with zero attached hydrogens (tertiary/aromatic N) is 1. The van der Waals surface area contributed by atoms with E-state index in [0.717, 1.165) is 24.6 Å². The number of methoxy groups -OCH3 is 2. The zero-order chi connectivity index (χ0) is 13.2. The van der Waals surface area contributed by atoms with Crippen LogP contribution in [0.5, 0.6) is 11.5 Å². The van der Waals surface area contributed by atoms with Crippen molar-refractivity contribution in [3.63, 3.8) is 0 Å². The van der Waals surface area contributed by atoms with Crippen LogP contribution < -0.4 is 14.8 Å². The number of fused-ring (bicyclic) bond motifs is 1. The summed E-state index contributed by atoms with van der Waals surface area (Å²) in [5.74, 6) is 1.53. The molecule has 0 fully saturated rings. The van der Waals surface area contributed by atoms with Crippen molar-refractivity contribution in [3.05, 3.63) is 47.8 Å². The normalized spacial score (nSPS) is 17.9. The molecule has 1 aromatic carbocycles. The molecule has 0 unspecified atom stereocenters. The minimum absolute atomic E-state index is 0.212. The molecule has 0 saturated carbocycles. The molecule has 1 aromatic heterocycles. The third kappa shape index (κ3) is 2.08. The highest BCUT2D eigenvalue weighted by Gasteiger charge is 2.21. The van der Waals surface area contributed by atoms with Crippen LogP contribution >= 0.6 is 0 Å². The molecular formula is C15H18N2O2. The second-order valence-corrected chi connectivity index (χ2v) is 4.63. The fourth-order valence-corrected chi connectivity index (χ4v) is 2.65. The van der Waals surface area contributed by atoms with Gasteiger partial charge in [-0.25, -0.2) is 0 Å². The van der Waals surface area contributed by atoms with Gasteiger partial charge in [0.05, 0.1) is 20.3 Å². The molecule has 4 heteroatoms. The molecule has 0 spiro atoms. The monoisotopic (exact) mass is 258 g/mol. The number of nitrogens with one attached hydrogen (secondary N) is 1. The van der Waals surface area contributed by atoms with Crippen molar-refractivity contribution < 1.29 is 9.47 Å². The molecule has 0 aliphatic carbocycles. The zero-order valence-electron chi connectivity index (χ0n) is 11.2. The highest BCUT2D eigenvalue weighted by Crippen LogP contribution is 2.33. The van der Waals surface area contributed by atoms with Crippen molar-refractivity contribution in [2.24, 2.45) is 0 Å². The number of hydrogen-bond acceptors (Lipinski definition) is 3. The summed E-state index contributed by atoms with van der Waals surface area (Å²) < 4.78 is 12.9. The molecule has 0 bridgehead atoms. The van der Waals surface area contributed by atoms with Gasteiger partial charge in [-0.2, -0.15) is 0 Å². The van der Waals surface area contributed by atoms with E-state index >= 15 is 0 Å². The molecule has 1 N–H and O–H groups in total. The van der Waals surface area contributed by atoms with Crippen molar-refractivity contribution in [2.45, 2.75) is 12.6 Å². The van der Waals surface area contributed by atoms with Crippen LogP contribution in [0.3, 0.4) is 0 Å². The topological polar surface area (TPSA) is 35.4 Å². The third-order valence-corrected chi connectivity index (χ3v) is 3.60. The Morgan fingerprint density at radius 1 is 1.16 bits per heavy atom. The molecule has 2 aromatic rings. The van der Waals surface area contributed by atoms with Gasteiger partial charge in [0.15, 0.2) is 11.5 Å². The lowest BCUT2D eigenvalue weighted by atomic mass is 10.0. The predicted molar refractivity (Wildman–Crippen MR) is 73.8 cm³/mol. The van der Waals surface area contributed by atoms with E-state index in [2.05, 4.69) is 34.3 Å². The van der Waals surface area contributed by atoms with Gasteiger partial charge >= 0.3 is 0 Å². The van der Waals surface area contributed by atoms with Crippen LogP contribution in [0.25, 0.3) is 0 Å². The van der Waals surface area contributed by atoms with E-state index in [1.165, 1.54) is 11.3 Å². The Balaban J connectivity index is 2.00. The summed E-state index contributed by atoms with van der Waals surface area (Å²) in [4.78, 5) is 0. The van der Waals surface area contributed by atoms with Crippen LogP contribution in [0.1, 0.15) is 17.3 Å². The van der Waals surface area contributed by atoms with Gasteiger partial charge < -0.3 is 19.4 Å². The molecule has 100 valence electrons. The average molecular weight is 258 g/mol. The van der Waals surface area contributed by atoms with E-state index in [9.17, 15) is 0 Å². The summed E-state index contributed by atoms with van der Waals surface area (Å²) in [7, 11) is 3.32. The largest absolute Gasteiger partial charge is 0.493 e. The van der Waals surface area contributed by atoms with Crippen molar-refractivity contribution in [1.29, 1.82) is 0 Å². The number of hydrogen-bond donors (Lipinski definition) is 1. The highest BCUT2D eigenvalue weighted by atomic mass is 16.5. The maximum Gasteiger partial charge on any atom is 0.161 e. The maximum absolute atomic E-state index is 5.38. The first-order valence-corrected chi connectivity index (χ1v) is 6.44. The Labute approximate surface area is 113 Å². The first kappa shape index (κ1) is 12.1. The van der Waals surface area contributed by atoms with E-state index in [1.807, 2.05) is 12.1 Å². The van der Waals surface area contributed by atoms with E-state index in [0.29, 0.717) is 0 Å². The Morgan fingerprint density at radius 3 is 2.79 bits per heavy atom. The molecule has 2 heterocycles. The fourth-order valence-electron chi connectivity index (χ4n) is 2.65.